The highest BCUT2D eigenvalue weighted by atomic mass is 15.2. The molecular weight excluding hydrogens is 112 g/mol. The number of nitrogens with one attached hydrogen (secondary N) is 2. The molecule has 0 aliphatic carbocycles. The van der Waals surface area contributed by atoms with Crippen LogP contribution in [0, 0.1) is 0 Å². The van der Waals surface area contributed by atoms with Gasteiger partial charge in [0.1, 0.15) is 0 Å². The zero-order valence-electron chi connectivity index (χ0n) is 6.44. The van der Waals surface area contributed by atoms with Crippen molar-refractivity contribution in [3.05, 3.63) is 0 Å². The second-order valence-electron chi connectivity index (χ2n) is 3.09. The van der Waals surface area contributed by atoms with Crippen molar-refractivity contribution in [3.63, 3.8) is 0 Å². The van der Waals surface area contributed by atoms with E-state index in [1.165, 1.54) is 6.42 Å². The largest absolute Gasteiger partial charge is 0.300 e. The van der Waals surface area contributed by atoms with Gasteiger partial charge >= 0.3 is 0 Å². The average molecular weight is 128 g/mol. The van der Waals surface area contributed by atoms with Crippen LogP contribution < -0.4 is 10.6 Å². The molecule has 2 atom stereocenters. The van der Waals surface area contributed by atoms with Gasteiger partial charge in [-0.15, -0.1) is 0 Å². The second kappa shape index (κ2) is 2.67. The summed E-state index contributed by atoms with van der Waals surface area (Å²) in [5.74, 6) is 0. The molecule has 0 aromatic heterocycles. The van der Waals surface area contributed by atoms with Crippen LogP contribution in [0.5, 0.6) is 0 Å². The van der Waals surface area contributed by atoms with Crippen molar-refractivity contribution in [2.24, 2.45) is 0 Å². The molecule has 0 aromatic rings. The summed E-state index contributed by atoms with van der Waals surface area (Å²) in [5.41, 5.74) is 0. The minimum absolute atomic E-state index is 0.490. The summed E-state index contributed by atoms with van der Waals surface area (Å²) >= 11 is 0. The van der Waals surface area contributed by atoms with Gasteiger partial charge < -0.3 is 0 Å². The van der Waals surface area contributed by atoms with Gasteiger partial charge in [0.05, 0.1) is 6.17 Å². The highest BCUT2D eigenvalue weighted by Gasteiger charge is 2.17. The van der Waals surface area contributed by atoms with Crippen molar-refractivity contribution < 1.29 is 0 Å². The maximum atomic E-state index is 3.40. The van der Waals surface area contributed by atoms with E-state index in [4.69, 9.17) is 0 Å². The molecule has 0 aromatic carbocycles. The standard InChI is InChI=1S/C7H16N2/c1-5-4-6(2)9-7(3)8-5/h5-9H,4H2,1-3H3/t5-,6-/m0/s1. The lowest BCUT2D eigenvalue weighted by atomic mass is 10.1. The summed E-state index contributed by atoms with van der Waals surface area (Å²) in [6, 6.07) is 1.35. The summed E-state index contributed by atoms with van der Waals surface area (Å²) in [6.07, 6.45) is 1.73. The molecule has 1 aliphatic rings. The van der Waals surface area contributed by atoms with Gasteiger partial charge in [0, 0.05) is 12.1 Å². The molecule has 0 bridgehead atoms. The van der Waals surface area contributed by atoms with E-state index in [-0.39, 0.29) is 0 Å². The van der Waals surface area contributed by atoms with Crippen LogP contribution in [0.3, 0.4) is 0 Å². The van der Waals surface area contributed by atoms with Crippen LogP contribution in [0.15, 0.2) is 0 Å². The highest BCUT2D eigenvalue weighted by Crippen LogP contribution is 2.03. The molecule has 0 radical (unpaired) electrons. The topological polar surface area (TPSA) is 24.1 Å². The zero-order valence-corrected chi connectivity index (χ0v) is 6.44. The third-order valence-electron chi connectivity index (χ3n) is 1.78. The van der Waals surface area contributed by atoms with Crippen molar-refractivity contribution in [1.29, 1.82) is 0 Å². The molecule has 1 aliphatic heterocycles. The van der Waals surface area contributed by atoms with E-state index in [1.54, 1.807) is 0 Å². The molecule has 0 unspecified atom stereocenters. The zero-order chi connectivity index (χ0) is 6.85. The minimum Gasteiger partial charge on any atom is -0.300 e. The van der Waals surface area contributed by atoms with Crippen LogP contribution in [-0.2, 0) is 0 Å². The average Bonchev–Trinajstić information content (AvgIpc) is 1.59. The normalized spacial score (nSPS) is 45.0. The molecule has 9 heavy (non-hydrogen) atoms. The fourth-order valence-corrected chi connectivity index (χ4v) is 1.57. The van der Waals surface area contributed by atoms with Gasteiger partial charge in [0.2, 0.25) is 0 Å². The van der Waals surface area contributed by atoms with Gasteiger partial charge in [-0.2, -0.15) is 0 Å². The Morgan fingerprint density at radius 1 is 1.00 bits per heavy atom. The van der Waals surface area contributed by atoms with Crippen molar-refractivity contribution in [3.8, 4) is 0 Å². The number of hydrogen-bond donors (Lipinski definition) is 2. The van der Waals surface area contributed by atoms with Crippen LogP contribution >= 0.6 is 0 Å². The molecule has 1 rings (SSSR count). The van der Waals surface area contributed by atoms with Gasteiger partial charge in [-0.25, -0.2) is 0 Å². The molecule has 1 saturated heterocycles. The molecule has 1 heterocycles. The summed E-state index contributed by atoms with van der Waals surface area (Å²) in [6.45, 7) is 6.62. The molecule has 2 heteroatoms. The Morgan fingerprint density at radius 3 is 1.78 bits per heavy atom. The predicted molar refractivity (Wildman–Crippen MR) is 39.3 cm³/mol. The van der Waals surface area contributed by atoms with Crippen LogP contribution in [0.25, 0.3) is 0 Å². The van der Waals surface area contributed by atoms with Crippen molar-refractivity contribution in [1.82, 2.24) is 10.6 Å². The molecule has 0 spiro atoms. The Hall–Kier alpha value is -0.0800. The Morgan fingerprint density at radius 2 is 1.44 bits per heavy atom. The smallest absolute Gasteiger partial charge is 0.0546 e. The van der Waals surface area contributed by atoms with Crippen molar-refractivity contribution >= 4 is 0 Å². The first-order valence-electron chi connectivity index (χ1n) is 3.70. The summed E-state index contributed by atoms with van der Waals surface area (Å²) < 4.78 is 0. The summed E-state index contributed by atoms with van der Waals surface area (Å²) in [5, 5.41) is 6.80. The summed E-state index contributed by atoms with van der Waals surface area (Å²) in [7, 11) is 0. The van der Waals surface area contributed by atoms with Gasteiger partial charge in [-0.05, 0) is 27.2 Å². The Balaban J connectivity index is 2.34. The lowest BCUT2D eigenvalue weighted by molar-refractivity contribution is 0.277. The van der Waals surface area contributed by atoms with Crippen LogP contribution in [0.2, 0.25) is 0 Å². The Labute approximate surface area is 57.0 Å². The molecule has 2 nitrogen and oxygen atoms in total. The van der Waals surface area contributed by atoms with Crippen LogP contribution in [0.4, 0.5) is 0 Å². The van der Waals surface area contributed by atoms with E-state index in [0.717, 1.165) is 0 Å². The van der Waals surface area contributed by atoms with E-state index in [0.29, 0.717) is 18.2 Å². The first-order chi connectivity index (χ1) is 4.18. The van der Waals surface area contributed by atoms with Crippen LogP contribution in [-0.4, -0.2) is 18.2 Å². The maximum absolute atomic E-state index is 3.40. The van der Waals surface area contributed by atoms with Gasteiger partial charge in [-0.1, -0.05) is 0 Å². The Bertz CT molecular complexity index is 67.9. The Kier molecular flexibility index (Phi) is 2.09. The van der Waals surface area contributed by atoms with E-state index in [9.17, 15) is 0 Å². The van der Waals surface area contributed by atoms with Gasteiger partial charge in [-0.3, -0.25) is 10.6 Å². The van der Waals surface area contributed by atoms with Crippen molar-refractivity contribution in [2.45, 2.75) is 45.4 Å². The molecule has 2 N–H and O–H groups in total. The predicted octanol–water partition coefficient (Wildman–Crippen LogP) is 0.692. The fraction of sp³-hybridized carbons (Fsp3) is 1.00. The molecule has 0 amide bonds. The van der Waals surface area contributed by atoms with Crippen LogP contribution in [0.1, 0.15) is 27.2 Å². The maximum Gasteiger partial charge on any atom is 0.0546 e. The highest BCUT2D eigenvalue weighted by molar-refractivity contribution is 4.79. The van der Waals surface area contributed by atoms with Crippen molar-refractivity contribution in [2.75, 3.05) is 0 Å². The van der Waals surface area contributed by atoms with Gasteiger partial charge in [0.15, 0.2) is 0 Å². The number of hydrogen-bond acceptors (Lipinski definition) is 2. The third kappa shape index (κ3) is 1.95. The first kappa shape index (κ1) is 7.03. The number of rotatable bonds is 0. The lowest BCUT2D eigenvalue weighted by Crippen LogP contribution is -2.54. The fourth-order valence-electron chi connectivity index (χ4n) is 1.57. The second-order valence-corrected chi connectivity index (χ2v) is 3.09. The lowest BCUT2D eigenvalue weighted by Gasteiger charge is -2.32. The quantitative estimate of drug-likeness (QED) is 0.501. The third-order valence-corrected chi connectivity index (χ3v) is 1.78. The SMILES string of the molecule is CC1N[C@@H](C)C[C@H](C)N1. The van der Waals surface area contributed by atoms with E-state index >= 15 is 0 Å². The molecular formula is C7H16N2. The minimum atomic E-state index is 0.490. The summed E-state index contributed by atoms with van der Waals surface area (Å²) in [4.78, 5) is 0. The monoisotopic (exact) mass is 128 g/mol. The molecule has 0 saturated carbocycles. The molecule has 1 fully saturated rings. The van der Waals surface area contributed by atoms with E-state index in [2.05, 4.69) is 31.4 Å². The van der Waals surface area contributed by atoms with E-state index < -0.39 is 0 Å². The first-order valence-corrected chi connectivity index (χ1v) is 3.70. The van der Waals surface area contributed by atoms with Gasteiger partial charge in [0.25, 0.3) is 0 Å². The van der Waals surface area contributed by atoms with E-state index in [1.807, 2.05) is 0 Å². The molecule has 54 valence electrons.